The molecular weight excluding hydrogens is 364 g/mol. The second-order valence-corrected chi connectivity index (χ2v) is 5.19. The third kappa shape index (κ3) is 11.0. The maximum absolute atomic E-state index is 5.42. The average Bonchev–Trinajstić information content (AvgIpc) is 3.14. The molecular formula is C29H54O. The van der Waals surface area contributed by atoms with Gasteiger partial charge in [0.15, 0.2) is 0 Å². The van der Waals surface area contributed by atoms with Crippen molar-refractivity contribution in [3.8, 4) is 11.1 Å². The highest BCUT2D eigenvalue weighted by molar-refractivity contribution is 5.79. The number of ether oxygens (including phenoxy) is 1. The fourth-order valence-electron chi connectivity index (χ4n) is 2.95. The quantitative estimate of drug-likeness (QED) is 0.471. The average molecular weight is 419 g/mol. The van der Waals surface area contributed by atoms with Crippen LogP contribution in [0.25, 0.3) is 11.1 Å². The van der Waals surface area contributed by atoms with Gasteiger partial charge in [0.05, 0.1) is 6.61 Å². The van der Waals surface area contributed by atoms with Crippen LogP contribution in [-0.4, -0.2) is 13.7 Å². The van der Waals surface area contributed by atoms with Crippen LogP contribution < -0.4 is 0 Å². The van der Waals surface area contributed by atoms with Crippen LogP contribution in [0.3, 0.4) is 0 Å². The highest BCUT2D eigenvalue weighted by Crippen LogP contribution is 2.45. The Morgan fingerprint density at radius 2 is 0.867 bits per heavy atom. The summed E-state index contributed by atoms with van der Waals surface area (Å²) in [5.74, 6) is 0.389. The standard InChI is InChI=1S/C17H18O.6C2H6/c1-11-4-6-13-14-7-5-12(2)9-16(14)17(10-18-3)15(13)8-11;6*1-2/h4-9,17H,10H2,1-3H3;6*1-2H3. The maximum Gasteiger partial charge on any atom is 0.0572 e. The molecule has 1 heteroatoms. The molecule has 0 heterocycles. The van der Waals surface area contributed by atoms with Gasteiger partial charge < -0.3 is 4.74 Å². The van der Waals surface area contributed by atoms with Crippen molar-refractivity contribution in [1.29, 1.82) is 0 Å². The van der Waals surface area contributed by atoms with Crippen molar-refractivity contribution in [2.75, 3.05) is 13.7 Å². The molecule has 0 unspecified atom stereocenters. The Morgan fingerprint density at radius 3 is 1.13 bits per heavy atom. The molecule has 3 rings (SSSR count). The van der Waals surface area contributed by atoms with E-state index >= 15 is 0 Å². The van der Waals surface area contributed by atoms with Crippen molar-refractivity contribution >= 4 is 0 Å². The number of hydrogen-bond acceptors (Lipinski definition) is 1. The van der Waals surface area contributed by atoms with Crippen molar-refractivity contribution in [2.24, 2.45) is 0 Å². The third-order valence-electron chi connectivity index (χ3n) is 3.79. The predicted octanol–water partition coefficient (Wildman–Crippen LogP) is 10.2. The Labute approximate surface area is 191 Å². The first-order valence-electron chi connectivity index (χ1n) is 12.4. The van der Waals surface area contributed by atoms with Crippen LogP contribution in [-0.2, 0) is 4.74 Å². The molecule has 1 aliphatic carbocycles. The van der Waals surface area contributed by atoms with E-state index < -0.39 is 0 Å². The molecule has 1 aliphatic rings. The Hall–Kier alpha value is -1.60. The lowest BCUT2D eigenvalue weighted by molar-refractivity contribution is 0.190. The lowest BCUT2D eigenvalue weighted by atomic mass is 9.96. The molecule has 0 amide bonds. The van der Waals surface area contributed by atoms with E-state index in [-0.39, 0.29) is 0 Å². The van der Waals surface area contributed by atoms with Crippen molar-refractivity contribution in [2.45, 2.75) is 103 Å². The van der Waals surface area contributed by atoms with E-state index in [9.17, 15) is 0 Å². The molecule has 1 nitrogen and oxygen atoms in total. The molecule has 0 aliphatic heterocycles. The molecule has 0 fully saturated rings. The van der Waals surface area contributed by atoms with Crippen LogP contribution in [0.2, 0.25) is 0 Å². The molecule has 176 valence electrons. The van der Waals surface area contributed by atoms with E-state index in [0.29, 0.717) is 5.92 Å². The smallest absolute Gasteiger partial charge is 0.0572 e. The number of benzene rings is 2. The second kappa shape index (κ2) is 25.4. The highest BCUT2D eigenvalue weighted by atomic mass is 16.5. The lowest BCUT2D eigenvalue weighted by Gasteiger charge is -2.13. The number of aryl methyl sites for hydroxylation is 2. The minimum atomic E-state index is 0.389. The topological polar surface area (TPSA) is 9.23 Å². The molecule has 0 spiro atoms. The fourth-order valence-corrected chi connectivity index (χ4v) is 2.95. The summed E-state index contributed by atoms with van der Waals surface area (Å²) in [4.78, 5) is 0. The minimum Gasteiger partial charge on any atom is -0.384 e. The van der Waals surface area contributed by atoms with E-state index in [1.165, 1.54) is 33.4 Å². The van der Waals surface area contributed by atoms with E-state index in [2.05, 4.69) is 50.2 Å². The molecule has 0 aromatic heterocycles. The minimum absolute atomic E-state index is 0.389. The van der Waals surface area contributed by atoms with Crippen LogP contribution in [0.15, 0.2) is 36.4 Å². The Kier molecular flexibility index (Phi) is 30.4. The van der Waals surface area contributed by atoms with E-state index in [1.54, 1.807) is 7.11 Å². The van der Waals surface area contributed by atoms with Gasteiger partial charge in [-0.1, -0.05) is 131 Å². The van der Waals surface area contributed by atoms with Crippen molar-refractivity contribution in [1.82, 2.24) is 0 Å². The molecule has 0 radical (unpaired) electrons. The Morgan fingerprint density at radius 1 is 0.567 bits per heavy atom. The normalized spacial score (nSPS) is 9.30. The van der Waals surface area contributed by atoms with E-state index in [0.717, 1.165) is 6.61 Å². The highest BCUT2D eigenvalue weighted by Gasteiger charge is 2.28. The molecule has 0 bridgehead atoms. The molecule has 2 aromatic rings. The monoisotopic (exact) mass is 418 g/mol. The van der Waals surface area contributed by atoms with Gasteiger partial charge in [-0.05, 0) is 36.1 Å². The molecule has 0 saturated carbocycles. The zero-order chi connectivity index (χ0) is 24.7. The van der Waals surface area contributed by atoms with E-state index in [1.807, 2.05) is 83.1 Å². The van der Waals surface area contributed by atoms with Gasteiger partial charge in [-0.25, -0.2) is 0 Å². The van der Waals surface area contributed by atoms with Gasteiger partial charge in [0, 0.05) is 13.0 Å². The predicted molar refractivity (Wildman–Crippen MR) is 143 cm³/mol. The molecule has 0 saturated heterocycles. The molecule has 2 aromatic carbocycles. The fraction of sp³-hybridized carbons (Fsp3) is 0.586. The first-order valence-corrected chi connectivity index (χ1v) is 12.4. The van der Waals surface area contributed by atoms with Crippen LogP contribution in [0.1, 0.15) is 111 Å². The summed E-state index contributed by atoms with van der Waals surface area (Å²) in [6.07, 6.45) is 0. The van der Waals surface area contributed by atoms with Crippen LogP contribution in [0.4, 0.5) is 0 Å². The van der Waals surface area contributed by atoms with Gasteiger partial charge in [0.2, 0.25) is 0 Å². The summed E-state index contributed by atoms with van der Waals surface area (Å²) in [5.41, 5.74) is 8.21. The number of fused-ring (bicyclic) bond motifs is 3. The molecule has 0 atom stereocenters. The summed E-state index contributed by atoms with van der Waals surface area (Å²) in [7, 11) is 1.78. The Balaban J connectivity index is -0.000000245. The van der Waals surface area contributed by atoms with Gasteiger partial charge in [-0.2, -0.15) is 0 Å². The van der Waals surface area contributed by atoms with Gasteiger partial charge in [0.25, 0.3) is 0 Å². The van der Waals surface area contributed by atoms with E-state index in [4.69, 9.17) is 4.74 Å². The van der Waals surface area contributed by atoms with Crippen LogP contribution in [0, 0.1) is 13.8 Å². The Bertz CT molecular complexity index is 548. The lowest BCUT2D eigenvalue weighted by Crippen LogP contribution is -2.05. The summed E-state index contributed by atoms with van der Waals surface area (Å²) < 4.78 is 5.42. The number of hydrogen-bond donors (Lipinski definition) is 0. The summed E-state index contributed by atoms with van der Waals surface area (Å²) in [5, 5.41) is 0. The maximum atomic E-state index is 5.42. The molecule has 0 N–H and O–H groups in total. The summed E-state index contributed by atoms with van der Waals surface area (Å²) in [6, 6.07) is 13.5. The zero-order valence-electron chi connectivity index (χ0n) is 23.2. The largest absolute Gasteiger partial charge is 0.384 e. The van der Waals surface area contributed by atoms with Crippen molar-refractivity contribution in [3.05, 3.63) is 58.7 Å². The van der Waals surface area contributed by atoms with Gasteiger partial charge in [0.1, 0.15) is 0 Å². The summed E-state index contributed by atoms with van der Waals surface area (Å²) in [6.45, 7) is 29.1. The first kappa shape index (κ1) is 35.8. The zero-order valence-corrected chi connectivity index (χ0v) is 23.2. The third-order valence-corrected chi connectivity index (χ3v) is 3.79. The van der Waals surface area contributed by atoms with Crippen molar-refractivity contribution < 1.29 is 4.74 Å². The van der Waals surface area contributed by atoms with Gasteiger partial charge >= 0.3 is 0 Å². The summed E-state index contributed by atoms with van der Waals surface area (Å²) >= 11 is 0. The second-order valence-electron chi connectivity index (χ2n) is 5.19. The van der Waals surface area contributed by atoms with Crippen LogP contribution in [0.5, 0.6) is 0 Å². The SMILES string of the molecule is CC.CC.CC.CC.CC.CC.COCC1c2cc(C)ccc2-c2ccc(C)cc21. The van der Waals surface area contributed by atoms with Crippen molar-refractivity contribution in [3.63, 3.8) is 0 Å². The van der Waals surface area contributed by atoms with Gasteiger partial charge in [-0.15, -0.1) is 0 Å². The first-order chi connectivity index (χ1) is 14.7. The van der Waals surface area contributed by atoms with Crippen LogP contribution >= 0.6 is 0 Å². The number of rotatable bonds is 2. The number of methoxy groups -OCH3 is 1. The van der Waals surface area contributed by atoms with Gasteiger partial charge in [-0.3, -0.25) is 0 Å². The molecule has 30 heavy (non-hydrogen) atoms.